The van der Waals surface area contributed by atoms with Crippen LogP contribution in [0.25, 0.3) is 11.1 Å². The van der Waals surface area contributed by atoms with E-state index in [0.29, 0.717) is 0 Å². The summed E-state index contributed by atoms with van der Waals surface area (Å²) in [7, 11) is 1.92. The highest BCUT2D eigenvalue weighted by atomic mass is 14.8. The number of hydrogen-bond acceptors (Lipinski definition) is 1. The van der Waals surface area contributed by atoms with Crippen LogP contribution in [-0.4, -0.2) is 7.05 Å². The molecule has 0 amide bonds. The lowest BCUT2D eigenvalue weighted by atomic mass is 10.0. The molecule has 0 atom stereocenters. The van der Waals surface area contributed by atoms with Crippen LogP contribution >= 0.6 is 0 Å². The van der Waals surface area contributed by atoms with Crippen molar-refractivity contribution in [2.45, 2.75) is 6.92 Å². The zero-order valence-electron chi connectivity index (χ0n) is 8.96. The molecule has 0 fully saturated rings. The third-order valence-electron chi connectivity index (χ3n) is 2.47. The number of nitrogens with one attached hydrogen (secondary N) is 1. The summed E-state index contributed by atoms with van der Waals surface area (Å²) >= 11 is 0. The van der Waals surface area contributed by atoms with Gasteiger partial charge in [0.15, 0.2) is 0 Å². The third kappa shape index (κ3) is 1.94. The van der Waals surface area contributed by atoms with Crippen molar-refractivity contribution in [2.24, 2.45) is 0 Å². The van der Waals surface area contributed by atoms with E-state index in [9.17, 15) is 0 Å². The Kier molecular flexibility index (Phi) is 2.60. The monoisotopic (exact) mass is 195 g/mol. The standard InChI is InChI=1S/C14H13N/c1-11-5-3-4-6-14(11)12-7-9-13(15-2)10-8-12/h3,5,7-10,15H,1-2H3. The second-order valence-corrected chi connectivity index (χ2v) is 3.49. The van der Waals surface area contributed by atoms with Crippen LogP contribution in [0.5, 0.6) is 0 Å². The van der Waals surface area contributed by atoms with Crippen molar-refractivity contribution >= 4 is 5.69 Å². The van der Waals surface area contributed by atoms with E-state index in [1.165, 1.54) is 11.1 Å². The van der Waals surface area contributed by atoms with Gasteiger partial charge in [-0.05, 0) is 42.3 Å². The summed E-state index contributed by atoms with van der Waals surface area (Å²) in [5.41, 5.74) is 4.66. The zero-order valence-corrected chi connectivity index (χ0v) is 8.96. The lowest BCUT2D eigenvalue weighted by molar-refractivity contribution is 1.46. The summed E-state index contributed by atoms with van der Waals surface area (Å²) in [5.74, 6) is 0. The molecule has 0 spiro atoms. The molecule has 1 heteroatoms. The van der Waals surface area contributed by atoms with Crippen molar-refractivity contribution in [1.82, 2.24) is 0 Å². The third-order valence-corrected chi connectivity index (χ3v) is 2.47. The van der Waals surface area contributed by atoms with Gasteiger partial charge < -0.3 is 5.32 Å². The Morgan fingerprint density at radius 3 is 2.40 bits per heavy atom. The van der Waals surface area contributed by atoms with E-state index in [4.69, 9.17) is 0 Å². The number of anilines is 1. The SMILES string of the molecule is CNc1ccc(-c2c#cccc2C)cc1. The molecular weight excluding hydrogens is 182 g/mol. The Morgan fingerprint density at radius 2 is 1.80 bits per heavy atom. The maximum absolute atomic E-state index is 3.15. The van der Waals surface area contributed by atoms with E-state index in [1.54, 1.807) is 0 Å². The number of benzene rings is 1. The first-order valence-electron chi connectivity index (χ1n) is 4.98. The van der Waals surface area contributed by atoms with Crippen LogP contribution < -0.4 is 5.32 Å². The summed E-state index contributed by atoms with van der Waals surface area (Å²) in [6, 6.07) is 18.4. The predicted molar refractivity (Wildman–Crippen MR) is 63.8 cm³/mol. The Balaban J connectivity index is 2.42. The molecule has 0 heterocycles. The molecule has 2 rings (SSSR count). The molecule has 2 aromatic rings. The van der Waals surface area contributed by atoms with Gasteiger partial charge in [-0.15, -0.1) is 0 Å². The normalized spacial score (nSPS) is 9.47. The lowest BCUT2D eigenvalue weighted by Gasteiger charge is -2.04. The minimum atomic E-state index is 1.12. The van der Waals surface area contributed by atoms with Crippen LogP contribution in [0.15, 0.2) is 36.4 Å². The molecule has 0 saturated heterocycles. The summed E-state index contributed by atoms with van der Waals surface area (Å²) in [6.07, 6.45) is 0. The predicted octanol–water partition coefficient (Wildman–Crippen LogP) is 3.30. The van der Waals surface area contributed by atoms with Crippen LogP contribution in [-0.2, 0) is 0 Å². The topological polar surface area (TPSA) is 12.0 Å². The molecule has 74 valence electrons. The Labute approximate surface area is 90.8 Å². The first-order chi connectivity index (χ1) is 7.31. The lowest BCUT2D eigenvalue weighted by Crippen LogP contribution is -1.87. The van der Waals surface area contributed by atoms with Crippen LogP contribution in [0.2, 0.25) is 0 Å². The van der Waals surface area contributed by atoms with Crippen molar-refractivity contribution < 1.29 is 0 Å². The first-order valence-corrected chi connectivity index (χ1v) is 4.98. The molecule has 0 aliphatic carbocycles. The maximum Gasteiger partial charge on any atom is 0.0350 e. The van der Waals surface area contributed by atoms with Crippen LogP contribution in [0.3, 0.4) is 0 Å². The van der Waals surface area contributed by atoms with Crippen LogP contribution in [0, 0.1) is 19.1 Å². The quantitative estimate of drug-likeness (QED) is 0.775. The average Bonchev–Trinajstić information content (AvgIpc) is 2.30. The summed E-state index contributed by atoms with van der Waals surface area (Å²) in [4.78, 5) is 0. The van der Waals surface area contributed by atoms with E-state index in [1.807, 2.05) is 13.1 Å². The fraction of sp³-hybridized carbons (Fsp3) is 0.143. The van der Waals surface area contributed by atoms with E-state index in [2.05, 4.69) is 54.7 Å². The van der Waals surface area contributed by atoms with Crippen LogP contribution in [0.1, 0.15) is 5.56 Å². The van der Waals surface area contributed by atoms with Gasteiger partial charge in [-0.3, -0.25) is 0 Å². The molecule has 0 unspecified atom stereocenters. The minimum Gasteiger partial charge on any atom is -0.388 e. The van der Waals surface area contributed by atoms with Gasteiger partial charge in [0, 0.05) is 18.3 Å². The van der Waals surface area contributed by atoms with Crippen molar-refractivity contribution in [3.05, 3.63) is 54.1 Å². The van der Waals surface area contributed by atoms with Gasteiger partial charge in [0.05, 0.1) is 0 Å². The summed E-state index contributed by atoms with van der Waals surface area (Å²) in [5, 5.41) is 3.10. The van der Waals surface area contributed by atoms with Gasteiger partial charge >= 0.3 is 0 Å². The summed E-state index contributed by atoms with van der Waals surface area (Å²) in [6.45, 7) is 2.09. The number of hydrogen-bond donors (Lipinski definition) is 1. The minimum absolute atomic E-state index is 1.12. The van der Waals surface area contributed by atoms with Crippen molar-refractivity contribution in [3.63, 3.8) is 0 Å². The van der Waals surface area contributed by atoms with Gasteiger partial charge in [0.25, 0.3) is 0 Å². The molecule has 15 heavy (non-hydrogen) atoms. The highest BCUT2D eigenvalue weighted by Crippen LogP contribution is 2.22. The molecule has 1 N–H and O–H groups in total. The average molecular weight is 195 g/mol. The van der Waals surface area contributed by atoms with Crippen molar-refractivity contribution in [1.29, 1.82) is 0 Å². The zero-order chi connectivity index (χ0) is 10.7. The molecule has 1 nitrogen and oxygen atoms in total. The van der Waals surface area contributed by atoms with Gasteiger partial charge in [-0.1, -0.05) is 24.3 Å². The maximum atomic E-state index is 3.15. The van der Waals surface area contributed by atoms with Gasteiger partial charge in [0.2, 0.25) is 0 Å². The first kappa shape index (κ1) is 9.61. The van der Waals surface area contributed by atoms with Crippen LogP contribution in [0.4, 0.5) is 5.69 Å². The molecule has 0 aliphatic heterocycles. The van der Waals surface area contributed by atoms with Gasteiger partial charge in [-0.25, -0.2) is 0 Å². The van der Waals surface area contributed by atoms with Gasteiger partial charge in [0.1, 0.15) is 0 Å². The Morgan fingerprint density at radius 1 is 1.07 bits per heavy atom. The van der Waals surface area contributed by atoms with Crippen molar-refractivity contribution in [2.75, 3.05) is 12.4 Å². The Hall–Kier alpha value is -1.94. The molecule has 2 aromatic carbocycles. The molecule has 0 radical (unpaired) electrons. The van der Waals surface area contributed by atoms with E-state index in [0.717, 1.165) is 11.3 Å². The Bertz CT molecular complexity index is 443. The fourth-order valence-electron chi connectivity index (χ4n) is 1.57. The molecule has 0 saturated carbocycles. The van der Waals surface area contributed by atoms with Gasteiger partial charge in [-0.2, -0.15) is 0 Å². The second kappa shape index (κ2) is 4.06. The number of aryl methyl sites for hydroxylation is 1. The highest BCUT2D eigenvalue weighted by Gasteiger charge is 1.99. The smallest absolute Gasteiger partial charge is 0.0350 e. The molecule has 0 aliphatic rings. The summed E-state index contributed by atoms with van der Waals surface area (Å²) < 4.78 is 0. The van der Waals surface area contributed by atoms with E-state index >= 15 is 0 Å². The molecular formula is C14H13N. The van der Waals surface area contributed by atoms with E-state index < -0.39 is 0 Å². The van der Waals surface area contributed by atoms with E-state index in [-0.39, 0.29) is 0 Å². The molecule has 0 bridgehead atoms. The highest BCUT2D eigenvalue weighted by molar-refractivity contribution is 5.67. The number of rotatable bonds is 2. The molecule has 0 aromatic heterocycles. The fourth-order valence-corrected chi connectivity index (χ4v) is 1.57. The second-order valence-electron chi connectivity index (χ2n) is 3.49. The largest absolute Gasteiger partial charge is 0.388 e. The van der Waals surface area contributed by atoms with Crippen molar-refractivity contribution in [3.8, 4) is 11.1 Å².